The molecule has 0 spiro atoms. The molecule has 4 rings (SSSR count). The van der Waals surface area contributed by atoms with E-state index in [-0.39, 0.29) is 0 Å². The average molecular weight is 273 g/mol. The lowest BCUT2D eigenvalue weighted by atomic mass is 10.0. The smallest absolute Gasteiger partial charge is 0.161 e. The summed E-state index contributed by atoms with van der Waals surface area (Å²) in [5.41, 5.74) is 7.45. The van der Waals surface area contributed by atoms with Crippen molar-refractivity contribution in [3.63, 3.8) is 0 Å². The molecule has 0 fully saturated rings. The van der Waals surface area contributed by atoms with Crippen LogP contribution in [-0.4, -0.2) is 4.98 Å². The van der Waals surface area contributed by atoms with Crippen molar-refractivity contribution >= 4 is 22.1 Å². The summed E-state index contributed by atoms with van der Waals surface area (Å²) < 4.78 is 6.11. The van der Waals surface area contributed by atoms with Gasteiger partial charge in [0.1, 0.15) is 11.1 Å². The van der Waals surface area contributed by atoms with E-state index in [2.05, 4.69) is 43.1 Å². The summed E-state index contributed by atoms with van der Waals surface area (Å²) in [6.45, 7) is 4.22. The van der Waals surface area contributed by atoms with E-state index in [0.717, 1.165) is 33.2 Å². The number of nitrogens with zero attached hydrogens (tertiary/aromatic N) is 1. The molecule has 0 atom stereocenters. The molecule has 21 heavy (non-hydrogen) atoms. The minimum Gasteiger partial charge on any atom is -0.454 e. The number of pyridine rings is 1. The molecule has 0 saturated heterocycles. The summed E-state index contributed by atoms with van der Waals surface area (Å²) in [4.78, 5) is 4.53. The molecule has 2 aromatic carbocycles. The maximum absolute atomic E-state index is 6.11. The Morgan fingerprint density at radius 3 is 2.48 bits per heavy atom. The molecule has 2 heterocycles. The fraction of sp³-hybridized carbons (Fsp3) is 0.105. The molecule has 0 saturated carbocycles. The van der Waals surface area contributed by atoms with Gasteiger partial charge >= 0.3 is 0 Å². The fourth-order valence-corrected chi connectivity index (χ4v) is 2.76. The van der Waals surface area contributed by atoms with Crippen molar-refractivity contribution in [3.05, 3.63) is 65.9 Å². The first-order chi connectivity index (χ1) is 10.2. The van der Waals surface area contributed by atoms with Crippen LogP contribution in [0.4, 0.5) is 0 Å². The standard InChI is InChI=1S/C19H15NO/c1-12-10-16-17(11-13(12)2)21-19-15(8-9-20-18(16)19)14-6-4-3-5-7-14/h3-11H,1-2H3. The molecular weight excluding hydrogens is 258 g/mol. The van der Waals surface area contributed by atoms with Crippen LogP contribution in [0.25, 0.3) is 33.2 Å². The van der Waals surface area contributed by atoms with Crippen LogP contribution in [0.5, 0.6) is 0 Å². The van der Waals surface area contributed by atoms with Gasteiger partial charge in [0, 0.05) is 17.1 Å². The number of furan rings is 1. The van der Waals surface area contributed by atoms with Crippen molar-refractivity contribution in [3.8, 4) is 11.1 Å². The van der Waals surface area contributed by atoms with Crippen LogP contribution >= 0.6 is 0 Å². The SMILES string of the molecule is Cc1cc2oc3c(-c4ccccc4)ccnc3c2cc1C. The lowest BCUT2D eigenvalue weighted by molar-refractivity contribution is 0.668. The number of hydrogen-bond donors (Lipinski definition) is 0. The van der Waals surface area contributed by atoms with Crippen LogP contribution in [0, 0.1) is 13.8 Å². The van der Waals surface area contributed by atoms with Gasteiger partial charge in [-0.15, -0.1) is 0 Å². The Morgan fingerprint density at radius 1 is 0.905 bits per heavy atom. The molecular formula is C19H15NO. The molecule has 0 bridgehead atoms. The highest BCUT2D eigenvalue weighted by Crippen LogP contribution is 2.35. The molecule has 2 aromatic heterocycles. The molecule has 4 aromatic rings. The van der Waals surface area contributed by atoms with Gasteiger partial charge in [-0.3, -0.25) is 4.98 Å². The molecule has 102 valence electrons. The van der Waals surface area contributed by atoms with Gasteiger partial charge in [-0.2, -0.15) is 0 Å². The molecule has 0 radical (unpaired) electrons. The van der Waals surface area contributed by atoms with E-state index in [1.54, 1.807) is 0 Å². The van der Waals surface area contributed by atoms with Gasteiger partial charge in [0.15, 0.2) is 5.58 Å². The largest absolute Gasteiger partial charge is 0.454 e. The Labute approximate surface area is 123 Å². The second-order valence-electron chi connectivity index (χ2n) is 5.44. The lowest BCUT2D eigenvalue weighted by Crippen LogP contribution is -1.81. The Hall–Kier alpha value is -2.61. The van der Waals surface area contributed by atoms with Crippen LogP contribution < -0.4 is 0 Å². The van der Waals surface area contributed by atoms with Crippen molar-refractivity contribution in [1.82, 2.24) is 4.98 Å². The average Bonchev–Trinajstić information content (AvgIpc) is 2.86. The lowest BCUT2D eigenvalue weighted by Gasteiger charge is -2.01. The molecule has 0 N–H and O–H groups in total. The minimum absolute atomic E-state index is 0.865. The third-order valence-electron chi connectivity index (χ3n) is 4.05. The zero-order valence-electron chi connectivity index (χ0n) is 12.1. The van der Waals surface area contributed by atoms with Crippen molar-refractivity contribution in [2.24, 2.45) is 0 Å². The number of rotatable bonds is 1. The van der Waals surface area contributed by atoms with E-state index in [1.165, 1.54) is 11.1 Å². The summed E-state index contributed by atoms with van der Waals surface area (Å²) >= 11 is 0. The van der Waals surface area contributed by atoms with Crippen LogP contribution in [-0.2, 0) is 0 Å². The van der Waals surface area contributed by atoms with Crippen LogP contribution in [0.3, 0.4) is 0 Å². The van der Waals surface area contributed by atoms with Gasteiger partial charge in [0.2, 0.25) is 0 Å². The molecule has 0 aliphatic heterocycles. The van der Waals surface area contributed by atoms with Crippen molar-refractivity contribution < 1.29 is 4.42 Å². The van der Waals surface area contributed by atoms with Crippen LogP contribution in [0.15, 0.2) is 59.1 Å². The number of aryl methyl sites for hydroxylation is 2. The van der Waals surface area contributed by atoms with Crippen molar-refractivity contribution in [1.29, 1.82) is 0 Å². The molecule has 0 unspecified atom stereocenters. The van der Waals surface area contributed by atoms with E-state index >= 15 is 0 Å². The quantitative estimate of drug-likeness (QED) is 0.472. The summed E-state index contributed by atoms with van der Waals surface area (Å²) in [7, 11) is 0. The number of hydrogen-bond acceptors (Lipinski definition) is 2. The Balaban J connectivity index is 2.11. The highest BCUT2D eigenvalue weighted by atomic mass is 16.3. The maximum Gasteiger partial charge on any atom is 0.161 e. The maximum atomic E-state index is 6.11. The molecule has 2 nitrogen and oxygen atoms in total. The molecule has 0 amide bonds. The third kappa shape index (κ3) is 1.83. The first-order valence-corrected chi connectivity index (χ1v) is 7.08. The third-order valence-corrected chi connectivity index (χ3v) is 4.05. The zero-order chi connectivity index (χ0) is 14.4. The summed E-state index contributed by atoms with van der Waals surface area (Å²) in [5.74, 6) is 0. The molecule has 0 aliphatic rings. The highest BCUT2D eigenvalue weighted by Gasteiger charge is 2.13. The van der Waals surface area contributed by atoms with Crippen LogP contribution in [0.2, 0.25) is 0 Å². The van der Waals surface area contributed by atoms with Gasteiger partial charge in [-0.25, -0.2) is 0 Å². The second-order valence-corrected chi connectivity index (χ2v) is 5.44. The van der Waals surface area contributed by atoms with E-state index in [0.29, 0.717) is 0 Å². The fourth-order valence-electron chi connectivity index (χ4n) is 2.76. The summed E-state index contributed by atoms with van der Waals surface area (Å²) in [5, 5.41) is 1.09. The zero-order valence-corrected chi connectivity index (χ0v) is 12.1. The van der Waals surface area contributed by atoms with Crippen LogP contribution in [0.1, 0.15) is 11.1 Å². The Bertz CT molecular complexity index is 952. The number of aromatic nitrogens is 1. The summed E-state index contributed by atoms with van der Waals surface area (Å²) in [6, 6.07) is 16.6. The van der Waals surface area contributed by atoms with Crippen molar-refractivity contribution in [2.45, 2.75) is 13.8 Å². The van der Waals surface area contributed by atoms with Gasteiger partial charge in [-0.1, -0.05) is 30.3 Å². The van der Waals surface area contributed by atoms with Gasteiger partial charge in [-0.05, 0) is 48.7 Å². The molecule has 2 heteroatoms. The highest BCUT2D eigenvalue weighted by molar-refractivity contribution is 6.07. The van der Waals surface area contributed by atoms with E-state index in [4.69, 9.17) is 4.42 Å². The van der Waals surface area contributed by atoms with E-state index in [1.807, 2.05) is 30.5 Å². The van der Waals surface area contributed by atoms with Gasteiger partial charge in [0.05, 0.1) is 0 Å². The topological polar surface area (TPSA) is 26.0 Å². The minimum atomic E-state index is 0.865. The van der Waals surface area contributed by atoms with E-state index in [9.17, 15) is 0 Å². The first-order valence-electron chi connectivity index (χ1n) is 7.08. The van der Waals surface area contributed by atoms with Crippen molar-refractivity contribution in [2.75, 3.05) is 0 Å². The first kappa shape index (κ1) is 12.2. The normalized spacial score (nSPS) is 11.3. The number of benzene rings is 2. The summed E-state index contributed by atoms with van der Waals surface area (Å²) in [6.07, 6.45) is 1.86. The predicted molar refractivity (Wildman–Crippen MR) is 86.4 cm³/mol. The van der Waals surface area contributed by atoms with Gasteiger partial charge < -0.3 is 4.42 Å². The predicted octanol–water partition coefficient (Wildman–Crippen LogP) is 5.26. The van der Waals surface area contributed by atoms with Gasteiger partial charge in [0.25, 0.3) is 0 Å². The Kier molecular flexibility index (Phi) is 2.58. The second kappa shape index (κ2) is 4.45. The molecule has 0 aliphatic carbocycles. The Morgan fingerprint density at radius 2 is 1.67 bits per heavy atom. The number of fused-ring (bicyclic) bond motifs is 3. The monoisotopic (exact) mass is 273 g/mol. The van der Waals surface area contributed by atoms with E-state index < -0.39 is 0 Å².